The average molecular weight is 262 g/mol. The second-order valence-corrected chi connectivity index (χ2v) is 5.76. The Morgan fingerprint density at radius 3 is 2.71 bits per heavy atom. The van der Waals surface area contributed by atoms with Crippen LogP contribution < -0.4 is 5.32 Å². The minimum atomic E-state index is -3.48. The minimum absolute atomic E-state index is 0.0361. The average Bonchev–Trinajstić information content (AvgIpc) is 2.73. The van der Waals surface area contributed by atoms with E-state index in [1.54, 1.807) is 13.2 Å². The highest BCUT2D eigenvalue weighted by atomic mass is 32.2. The molecule has 0 atom stereocenters. The first-order valence-electron chi connectivity index (χ1n) is 5.19. The fourth-order valence-corrected chi connectivity index (χ4v) is 1.97. The summed E-state index contributed by atoms with van der Waals surface area (Å²) in [7, 11) is 1.08. The number of methoxy groups -OCH3 is 1. The van der Waals surface area contributed by atoms with Crippen LogP contribution in [0, 0.1) is 0 Å². The summed E-state index contributed by atoms with van der Waals surface area (Å²) in [6.07, 6.45) is 0. The van der Waals surface area contributed by atoms with Crippen molar-refractivity contribution in [1.82, 2.24) is 9.62 Å². The molecule has 0 fully saturated rings. The Morgan fingerprint density at radius 2 is 2.12 bits per heavy atom. The third kappa shape index (κ3) is 3.81. The highest BCUT2D eigenvalue weighted by Gasteiger charge is 2.21. The lowest BCUT2D eigenvalue weighted by Gasteiger charge is -2.07. The van der Waals surface area contributed by atoms with Gasteiger partial charge in [0.25, 0.3) is 10.0 Å². The second-order valence-electron chi connectivity index (χ2n) is 3.68. The van der Waals surface area contributed by atoms with Gasteiger partial charge in [0.05, 0.1) is 13.2 Å². The fourth-order valence-electron chi connectivity index (χ4n) is 1.16. The predicted octanol–water partition coefficient (Wildman–Crippen LogP) is 0.266. The molecule has 0 bridgehead atoms. The van der Waals surface area contributed by atoms with Gasteiger partial charge in [-0.2, -0.15) is 0 Å². The van der Waals surface area contributed by atoms with Crippen molar-refractivity contribution in [2.45, 2.75) is 11.6 Å². The quantitative estimate of drug-likeness (QED) is 0.714. The van der Waals surface area contributed by atoms with Crippen LogP contribution in [0.15, 0.2) is 21.6 Å². The standard InChI is InChI=1S/C10H18N2O4S/c1-12(2)17(13,14)10-5-4-9(16-10)8-11-6-7-15-3/h4-5,11H,6-8H2,1-3H3. The molecular formula is C10H18N2O4S. The molecular weight excluding hydrogens is 244 g/mol. The number of hydrogen-bond acceptors (Lipinski definition) is 5. The van der Waals surface area contributed by atoms with Crippen molar-refractivity contribution in [1.29, 1.82) is 0 Å². The Morgan fingerprint density at radius 1 is 1.41 bits per heavy atom. The topological polar surface area (TPSA) is 71.8 Å². The van der Waals surface area contributed by atoms with Gasteiger partial charge in [-0.3, -0.25) is 0 Å². The molecule has 17 heavy (non-hydrogen) atoms. The van der Waals surface area contributed by atoms with Gasteiger partial charge < -0.3 is 14.5 Å². The molecule has 0 amide bonds. The summed E-state index contributed by atoms with van der Waals surface area (Å²) in [4.78, 5) is 0. The fraction of sp³-hybridized carbons (Fsp3) is 0.600. The van der Waals surface area contributed by atoms with Crippen molar-refractivity contribution in [2.24, 2.45) is 0 Å². The molecule has 0 radical (unpaired) electrons. The van der Waals surface area contributed by atoms with Crippen LogP contribution in [0.4, 0.5) is 0 Å². The molecule has 0 aliphatic rings. The molecule has 1 aromatic rings. The first kappa shape index (κ1) is 14.2. The van der Waals surface area contributed by atoms with E-state index in [2.05, 4.69) is 5.32 Å². The zero-order valence-electron chi connectivity index (χ0n) is 10.3. The molecule has 0 spiro atoms. The third-order valence-corrected chi connectivity index (χ3v) is 3.84. The summed E-state index contributed by atoms with van der Waals surface area (Å²) in [5.41, 5.74) is 0. The van der Waals surface area contributed by atoms with Gasteiger partial charge >= 0.3 is 0 Å². The lowest BCUT2D eigenvalue weighted by atomic mass is 10.4. The van der Waals surface area contributed by atoms with E-state index < -0.39 is 10.0 Å². The second kappa shape index (κ2) is 6.15. The minimum Gasteiger partial charge on any atom is -0.447 e. The largest absolute Gasteiger partial charge is 0.447 e. The van der Waals surface area contributed by atoms with E-state index in [9.17, 15) is 8.42 Å². The molecule has 1 rings (SSSR count). The van der Waals surface area contributed by atoms with Gasteiger partial charge in [0.15, 0.2) is 0 Å². The molecule has 98 valence electrons. The maximum Gasteiger partial charge on any atom is 0.275 e. The van der Waals surface area contributed by atoms with Crippen LogP contribution in [0.3, 0.4) is 0 Å². The van der Waals surface area contributed by atoms with E-state index in [-0.39, 0.29) is 5.09 Å². The SMILES string of the molecule is COCCNCc1ccc(S(=O)(=O)N(C)C)o1. The number of hydrogen-bond donors (Lipinski definition) is 1. The van der Waals surface area contributed by atoms with Crippen LogP contribution in [0.25, 0.3) is 0 Å². The van der Waals surface area contributed by atoms with Crippen molar-refractivity contribution in [3.05, 3.63) is 17.9 Å². The Bertz CT molecular complexity index is 439. The number of ether oxygens (including phenoxy) is 1. The summed E-state index contributed by atoms with van der Waals surface area (Å²) in [5.74, 6) is 0.585. The molecule has 0 aliphatic carbocycles. The number of nitrogens with zero attached hydrogens (tertiary/aromatic N) is 1. The normalized spacial score (nSPS) is 12.2. The van der Waals surface area contributed by atoms with Gasteiger partial charge in [-0.15, -0.1) is 0 Å². The van der Waals surface area contributed by atoms with E-state index >= 15 is 0 Å². The van der Waals surface area contributed by atoms with Crippen LogP contribution in [0.2, 0.25) is 0 Å². The molecule has 1 aromatic heterocycles. The van der Waals surface area contributed by atoms with Crippen molar-refractivity contribution in [3.8, 4) is 0 Å². The van der Waals surface area contributed by atoms with Gasteiger partial charge in [0, 0.05) is 27.7 Å². The van der Waals surface area contributed by atoms with Crippen LogP contribution >= 0.6 is 0 Å². The van der Waals surface area contributed by atoms with Crippen molar-refractivity contribution in [3.63, 3.8) is 0 Å². The zero-order chi connectivity index (χ0) is 12.9. The number of furan rings is 1. The molecule has 7 heteroatoms. The smallest absolute Gasteiger partial charge is 0.275 e. The van der Waals surface area contributed by atoms with Crippen LogP contribution in [-0.4, -0.2) is 47.1 Å². The summed E-state index contributed by atoms with van der Waals surface area (Å²) >= 11 is 0. The molecule has 1 heterocycles. The summed E-state index contributed by atoms with van der Waals surface area (Å²) in [6.45, 7) is 1.77. The first-order valence-corrected chi connectivity index (χ1v) is 6.63. The van der Waals surface area contributed by atoms with E-state index in [1.165, 1.54) is 20.2 Å². The third-order valence-electron chi connectivity index (χ3n) is 2.15. The summed E-state index contributed by atoms with van der Waals surface area (Å²) < 4.78 is 34.7. The molecule has 0 aliphatic heterocycles. The molecule has 0 aromatic carbocycles. The molecule has 1 N–H and O–H groups in total. The Kier molecular flexibility index (Phi) is 5.13. The molecule has 0 unspecified atom stereocenters. The van der Waals surface area contributed by atoms with Crippen molar-refractivity contribution in [2.75, 3.05) is 34.4 Å². The van der Waals surface area contributed by atoms with Crippen LogP contribution in [-0.2, 0) is 21.3 Å². The van der Waals surface area contributed by atoms with Gasteiger partial charge in [-0.1, -0.05) is 0 Å². The van der Waals surface area contributed by atoms with E-state index in [0.717, 1.165) is 4.31 Å². The highest BCUT2D eigenvalue weighted by Crippen LogP contribution is 2.16. The first-order chi connectivity index (χ1) is 7.98. The summed E-state index contributed by atoms with van der Waals surface area (Å²) in [6, 6.07) is 3.11. The van der Waals surface area contributed by atoms with Gasteiger partial charge in [-0.25, -0.2) is 12.7 Å². The molecule has 0 saturated carbocycles. The maximum atomic E-state index is 11.7. The number of nitrogens with one attached hydrogen (secondary N) is 1. The van der Waals surface area contributed by atoms with Gasteiger partial charge in [-0.05, 0) is 12.1 Å². The Hall–Kier alpha value is -0.890. The number of rotatable bonds is 7. The number of sulfonamides is 1. The predicted molar refractivity (Wildman–Crippen MR) is 63.2 cm³/mol. The van der Waals surface area contributed by atoms with E-state index in [0.29, 0.717) is 25.5 Å². The highest BCUT2D eigenvalue weighted by molar-refractivity contribution is 7.88. The van der Waals surface area contributed by atoms with Crippen molar-refractivity contribution >= 4 is 10.0 Å². The Labute approximate surface area is 102 Å². The molecule has 0 saturated heterocycles. The Balaban J connectivity index is 2.60. The molecule has 6 nitrogen and oxygen atoms in total. The van der Waals surface area contributed by atoms with Gasteiger partial charge in [0.2, 0.25) is 5.09 Å². The maximum absolute atomic E-state index is 11.7. The van der Waals surface area contributed by atoms with E-state index in [1.807, 2.05) is 0 Å². The summed E-state index contributed by atoms with van der Waals surface area (Å²) in [5, 5.41) is 3.03. The van der Waals surface area contributed by atoms with Crippen LogP contribution in [0.5, 0.6) is 0 Å². The van der Waals surface area contributed by atoms with Crippen LogP contribution in [0.1, 0.15) is 5.76 Å². The van der Waals surface area contributed by atoms with Crippen molar-refractivity contribution < 1.29 is 17.6 Å². The van der Waals surface area contributed by atoms with Gasteiger partial charge in [0.1, 0.15) is 5.76 Å². The lowest BCUT2D eigenvalue weighted by molar-refractivity contribution is 0.198. The lowest BCUT2D eigenvalue weighted by Crippen LogP contribution is -2.21. The monoisotopic (exact) mass is 262 g/mol. The zero-order valence-corrected chi connectivity index (χ0v) is 11.1. The van der Waals surface area contributed by atoms with E-state index in [4.69, 9.17) is 9.15 Å².